The molecule has 0 heterocycles. The van der Waals surface area contributed by atoms with Crippen molar-refractivity contribution in [1.82, 2.24) is 5.32 Å². The second-order valence-electron chi connectivity index (χ2n) is 6.39. The summed E-state index contributed by atoms with van der Waals surface area (Å²) >= 11 is 0. The van der Waals surface area contributed by atoms with Gasteiger partial charge in [-0.25, -0.2) is 8.78 Å². The average Bonchev–Trinajstić information content (AvgIpc) is 2.30. The van der Waals surface area contributed by atoms with E-state index in [0.29, 0.717) is 23.6 Å². The van der Waals surface area contributed by atoms with E-state index >= 15 is 0 Å². The Hall–Kier alpha value is -0.960. The Morgan fingerprint density at radius 2 is 1.79 bits per heavy atom. The maximum absolute atomic E-state index is 13.7. The van der Waals surface area contributed by atoms with Crippen LogP contribution in [0, 0.1) is 24.0 Å². The standard InChI is InChI=1S/C16H25F2N/c1-11(2)19-10-16(4,5)7-6-13-8-12(3)14(17)9-15(13)18/h8-9,11,19H,6-7,10H2,1-5H3. The SMILES string of the molecule is Cc1cc(CCC(C)(C)CNC(C)C)c(F)cc1F. The fraction of sp³-hybridized carbons (Fsp3) is 0.625. The highest BCUT2D eigenvalue weighted by Gasteiger charge is 2.19. The number of benzene rings is 1. The second-order valence-corrected chi connectivity index (χ2v) is 6.39. The lowest BCUT2D eigenvalue weighted by atomic mass is 9.85. The van der Waals surface area contributed by atoms with E-state index in [4.69, 9.17) is 0 Å². The molecule has 0 aliphatic carbocycles. The molecule has 0 aliphatic rings. The molecule has 1 nitrogen and oxygen atoms in total. The average molecular weight is 269 g/mol. The molecule has 0 aromatic heterocycles. The number of hydrogen-bond acceptors (Lipinski definition) is 1. The highest BCUT2D eigenvalue weighted by Crippen LogP contribution is 2.24. The van der Waals surface area contributed by atoms with Gasteiger partial charge in [0.2, 0.25) is 0 Å². The van der Waals surface area contributed by atoms with E-state index in [9.17, 15) is 8.78 Å². The van der Waals surface area contributed by atoms with Gasteiger partial charge >= 0.3 is 0 Å². The van der Waals surface area contributed by atoms with Crippen LogP contribution in [0.2, 0.25) is 0 Å². The summed E-state index contributed by atoms with van der Waals surface area (Å²) in [5.74, 6) is -0.905. The molecule has 0 bridgehead atoms. The normalized spacial score (nSPS) is 12.2. The van der Waals surface area contributed by atoms with E-state index in [1.165, 1.54) is 0 Å². The summed E-state index contributed by atoms with van der Waals surface area (Å²) < 4.78 is 26.9. The second kappa shape index (κ2) is 6.47. The molecule has 3 heteroatoms. The van der Waals surface area contributed by atoms with Crippen molar-refractivity contribution in [2.75, 3.05) is 6.54 Å². The van der Waals surface area contributed by atoms with Crippen LogP contribution in [0.3, 0.4) is 0 Å². The molecule has 108 valence electrons. The quantitative estimate of drug-likeness (QED) is 0.815. The Kier molecular flexibility index (Phi) is 5.48. The van der Waals surface area contributed by atoms with Crippen LogP contribution in [0.15, 0.2) is 12.1 Å². The number of nitrogens with one attached hydrogen (secondary N) is 1. The van der Waals surface area contributed by atoms with Gasteiger partial charge in [0.25, 0.3) is 0 Å². The lowest BCUT2D eigenvalue weighted by Gasteiger charge is -2.26. The molecule has 0 fully saturated rings. The Morgan fingerprint density at radius 3 is 2.37 bits per heavy atom. The first-order chi connectivity index (χ1) is 8.71. The van der Waals surface area contributed by atoms with Gasteiger partial charge < -0.3 is 5.32 Å². The van der Waals surface area contributed by atoms with E-state index in [-0.39, 0.29) is 5.41 Å². The molecule has 0 radical (unpaired) electrons. The zero-order chi connectivity index (χ0) is 14.6. The number of aryl methyl sites for hydroxylation is 2. The Morgan fingerprint density at radius 1 is 1.16 bits per heavy atom. The predicted molar refractivity (Wildman–Crippen MR) is 76.3 cm³/mol. The first-order valence-electron chi connectivity index (χ1n) is 6.89. The number of hydrogen-bond donors (Lipinski definition) is 1. The van der Waals surface area contributed by atoms with Gasteiger partial charge in [-0.3, -0.25) is 0 Å². The van der Waals surface area contributed by atoms with Crippen molar-refractivity contribution >= 4 is 0 Å². The fourth-order valence-corrected chi connectivity index (χ4v) is 1.95. The molecule has 0 unspecified atom stereocenters. The zero-order valence-corrected chi connectivity index (χ0v) is 12.6. The van der Waals surface area contributed by atoms with Gasteiger partial charge in [0.15, 0.2) is 0 Å². The van der Waals surface area contributed by atoms with Crippen molar-refractivity contribution in [2.24, 2.45) is 5.41 Å². The minimum absolute atomic E-state index is 0.0962. The van der Waals surface area contributed by atoms with Crippen LogP contribution >= 0.6 is 0 Å². The highest BCUT2D eigenvalue weighted by molar-refractivity contribution is 5.25. The Bertz CT molecular complexity index is 425. The minimum atomic E-state index is -0.470. The molecular weight excluding hydrogens is 244 g/mol. The molecule has 0 spiro atoms. The summed E-state index contributed by atoms with van der Waals surface area (Å²) in [6.45, 7) is 11.1. The van der Waals surface area contributed by atoms with Gasteiger partial charge in [-0.2, -0.15) is 0 Å². The molecule has 0 amide bonds. The Balaban J connectivity index is 2.63. The predicted octanol–water partition coefficient (Wildman–Crippen LogP) is 4.23. The van der Waals surface area contributed by atoms with Crippen molar-refractivity contribution < 1.29 is 8.78 Å². The van der Waals surface area contributed by atoms with Gasteiger partial charge in [0.05, 0.1) is 0 Å². The molecule has 0 saturated heterocycles. The van der Waals surface area contributed by atoms with Crippen molar-refractivity contribution in [1.29, 1.82) is 0 Å². The first kappa shape index (κ1) is 16.1. The largest absolute Gasteiger partial charge is 0.314 e. The van der Waals surface area contributed by atoms with Crippen LogP contribution in [-0.4, -0.2) is 12.6 Å². The highest BCUT2D eigenvalue weighted by atomic mass is 19.1. The van der Waals surface area contributed by atoms with Crippen LogP contribution in [0.4, 0.5) is 8.78 Å². The van der Waals surface area contributed by atoms with Gasteiger partial charge in [-0.05, 0) is 36.3 Å². The van der Waals surface area contributed by atoms with E-state index in [1.54, 1.807) is 13.0 Å². The van der Waals surface area contributed by atoms with E-state index in [1.807, 2.05) is 0 Å². The third-order valence-corrected chi connectivity index (χ3v) is 3.39. The van der Waals surface area contributed by atoms with Crippen molar-refractivity contribution in [3.63, 3.8) is 0 Å². The molecule has 0 atom stereocenters. The molecule has 19 heavy (non-hydrogen) atoms. The minimum Gasteiger partial charge on any atom is -0.314 e. The van der Waals surface area contributed by atoms with E-state index in [2.05, 4.69) is 33.0 Å². The van der Waals surface area contributed by atoms with Crippen LogP contribution in [-0.2, 0) is 6.42 Å². The Labute approximate surface area is 115 Å². The summed E-state index contributed by atoms with van der Waals surface area (Å²) in [6.07, 6.45) is 1.51. The molecule has 1 rings (SSSR count). The zero-order valence-electron chi connectivity index (χ0n) is 12.6. The molecule has 1 aromatic carbocycles. The number of rotatable bonds is 6. The maximum atomic E-state index is 13.7. The third-order valence-electron chi connectivity index (χ3n) is 3.39. The van der Waals surface area contributed by atoms with Gasteiger partial charge in [-0.1, -0.05) is 33.8 Å². The van der Waals surface area contributed by atoms with Gasteiger partial charge in [-0.15, -0.1) is 0 Å². The van der Waals surface area contributed by atoms with Crippen molar-refractivity contribution in [3.8, 4) is 0 Å². The summed E-state index contributed by atoms with van der Waals surface area (Å²) in [4.78, 5) is 0. The number of halogens is 2. The van der Waals surface area contributed by atoms with Gasteiger partial charge in [0, 0.05) is 18.7 Å². The van der Waals surface area contributed by atoms with Crippen LogP contribution < -0.4 is 5.32 Å². The third kappa shape index (κ3) is 5.27. The van der Waals surface area contributed by atoms with Crippen molar-refractivity contribution in [2.45, 2.75) is 53.5 Å². The molecule has 0 aliphatic heterocycles. The fourth-order valence-electron chi connectivity index (χ4n) is 1.95. The summed E-state index contributed by atoms with van der Waals surface area (Å²) in [5, 5.41) is 3.40. The van der Waals surface area contributed by atoms with Gasteiger partial charge in [0.1, 0.15) is 11.6 Å². The smallest absolute Gasteiger partial charge is 0.129 e. The lowest BCUT2D eigenvalue weighted by Crippen LogP contribution is -2.34. The lowest BCUT2D eigenvalue weighted by molar-refractivity contribution is 0.303. The molecule has 0 saturated carbocycles. The van der Waals surface area contributed by atoms with E-state index < -0.39 is 11.6 Å². The van der Waals surface area contributed by atoms with Crippen LogP contribution in [0.1, 0.15) is 45.2 Å². The first-order valence-corrected chi connectivity index (χ1v) is 6.89. The topological polar surface area (TPSA) is 12.0 Å². The van der Waals surface area contributed by atoms with Crippen molar-refractivity contribution in [3.05, 3.63) is 34.9 Å². The molecule has 1 aromatic rings. The molecular formula is C16H25F2N. The summed E-state index contributed by atoms with van der Waals surface area (Å²) in [5.41, 5.74) is 1.21. The summed E-state index contributed by atoms with van der Waals surface area (Å²) in [6, 6.07) is 3.06. The monoisotopic (exact) mass is 269 g/mol. The van der Waals surface area contributed by atoms with Crippen LogP contribution in [0.5, 0.6) is 0 Å². The molecule has 1 N–H and O–H groups in total. The van der Waals surface area contributed by atoms with E-state index in [0.717, 1.165) is 19.0 Å². The maximum Gasteiger partial charge on any atom is 0.129 e. The summed E-state index contributed by atoms with van der Waals surface area (Å²) in [7, 11) is 0. The van der Waals surface area contributed by atoms with Crippen LogP contribution in [0.25, 0.3) is 0 Å².